The van der Waals surface area contributed by atoms with Crippen molar-refractivity contribution in [3.63, 3.8) is 0 Å². The number of rotatable bonds is 7. The summed E-state index contributed by atoms with van der Waals surface area (Å²) in [4.78, 5) is 5.25. The topological polar surface area (TPSA) is 24.9 Å². The van der Waals surface area contributed by atoms with Crippen LogP contribution in [0.15, 0.2) is 30.4 Å². The van der Waals surface area contributed by atoms with Crippen LogP contribution in [0.5, 0.6) is 11.5 Å². The summed E-state index contributed by atoms with van der Waals surface area (Å²) in [6.45, 7) is 9.69. The van der Waals surface area contributed by atoms with Crippen molar-refractivity contribution in [2.45, 2.75) is 26.3 Å². The molecule has 4 rings (SSSR count). The molecular formula is C22H32N2O2. The molecule has 1 saturated heterocycles. The van der Waals surface area contributed by atoms with Gasteiger partial charge in [-0.3, -0.25) is 4.90 Å². The van der Waals surface area contributed by atoms with Crippen LogP contribution >= 0.6 is 0 Å². The van der Waals surface area contributed by atoms with E-state index in [1.165, 1.54) is 38.0 Å². The molecule has 26 heavy (non-hydrogen) atoms. The highest BCUT2D eigenvalue weighted by Crippen LogP contribution is 2.43. The monoisotopic (exact) mass is 356 g/mol. The minimum absolute atomic E-state index is 0.663. The Morgan fingerprint density at radius 3 is 2.46 bits per heavy atom. The Hall–Kier alpha value is -1.52. The van der Waals surface area contributed by atoms with Gasteiger partial charge in [0.2, 0.25) is 0 Å². The van der Waals surface area contributed by atoms with E-state index in [-0.39, 0.29) is 0 Å². The summed E-state index contributed by atoms with van der Waals surface area (Å²) in [5.74, 6) is 4.35. The Kier molecular flexibility index (Phi) is 5.51. The van der Waals surface area contributed by atoms with Crippen molar-refractivity contribution < 1.29 is 9.47 Å². The first kappa shape index (κ1) is 17.9. The summed E-state index contributed by atoms with van der Waals surface area (Å²) < 4.78 is 11.1. The fourth-order valence-electron chi connectivity index (χ4n) is 4.91. The number of hydrogen-bond donors (Lipinski definition) is 0. The van der Waals surface area contributed by atoms with E-state index < -0.39 is 0 Å². The second-order valence-electron chi connectivity index (χ2n) is 8.04. The lowest BCUT2D eigenvalue weighted by Crippen LogP contribution is -2.47. The summed E-state index contributed by atoms with van der Waals surface area (Å²) in [5, 5.41) is 0. The normalized spacial score (nSPS) is 28.6. The van der Waals surface area contributed by atoms with Crippen LogP contribution in [0.25, 0.3) is 0 Å². The van der Waals surface area contributed by atoms with Crippen LogP contribution in [0.2, 0.25) is 0 Å². The summed E-state index contributed by atoms with van der Waals surface area (Å²) in [7, 11) is 1.70. The molecule has 142 valence electrons. The van der Waals surface area contributed by atoms with E-state index in [9.17, 15) is 0 Å². The predicted octanol–water partition coefficient (Wildman–Crippen LogP) is 3.42. The van der Waals surface area contributed by atoms with E-state index in [2.05, 4.69) is 34.1 Å². The zero-order valence-corrected chi connectivity index (χ0v) is 16.2. The molecule has 1 aromatic carbocycles. The van der Waals surface area contributed by atoms with Crippen LogP contribution in [0.4, 0.5) is 0 Å². The lowest BCUT2D eigenvalue weighted by atomic mass is 9.93. The number of benzene rings is 1. The summed E-state index contributed by atoms with van der Waals surface area (Å²) in [5.41, 5.74) is 1.31. The minimum atomic E-state index is 0.663. The number of allylic oxidation sites excluding steroid dienone is 2. The molecule has 0 spiro atoms. The van der Waals surface area contributed by atoms with Gasteiger partial charge in [-0.15, -0.1) is 0 Å². The number of methoxy groups -OCH3 is 1. The molecule has 0 radical (unpaired) electrons. The zero-order chi connectivity index (χ0) is 17.9. The molecule has 2 aliphatic carbocycles. The largest absolute Gasteiger partial charge is 0.493 e. The van der Waals surface area contributed by atoms with Gasteiger partial charge in [0.15, 0.2) is 11.5 Å². The first-order valence-corrected chi connectivity index (χ1v) is 10.2. The van der Waals surface area contributed by atoms with E-state index in [0.717, 1.165) is 48.9 Å². The SMILES string of the molecule is CCOc1cc(CN2CCN(C[C@H]3C[C@H]4C=C[C@@H]3C4)CC2)ccc1OC. The van der Waals surface area contributed by atoms with E-state index in [4.69, 9.17) is 9.47 Å². The fraction of sp³-hybridized carbons (Fsp3) is 0.636. The number of ether oxygens (including phenoxy) is 2. The highest BCUT2D eigenvalue weighted by atomic mass is 16.5. The van der Waals surface area contributed by atoms with Crippen LogP contribution in [-0.4, -0.2) is 56.2 Å². The Balaban J connectivity index is 1.27. The van der Waals surface area contributed by atoms with Crippen LogP contribution < -0.4 is 9.47 Å². The number of nitrogens with zero attached hydrogens (tertiary/aromatic N) is 2. The van der Waals surface area contributed by atoms with Crippen LogP contribution in [-0.2, 0) is 6.54 Å². The maximum absolute atomic E-state index is 5.72. The molecule has 3 atom stereocenters. The standard InChI is InChI=1S/C22H32N2O2/c1-3-26-22-14-18(5-7-21(22)25-2)15-23-8-10-24(11-9-23)16-20-13-17-4-6-19(20)12-17/h4-7,14,17,19-20H,3,8-13,15-16H2,1-2H3/t17-,19+,20+/m0/s1. The quantitative estimate of drug-likeness (QED) is 0.699. The first-order chi connectivity index (χ1) is 12.7. The molecule has 2 fully saturated rings. The maximum Gasteiger partial charge on any atom is 0.161 e. The van der Waals surface area contributed by atoms with Gasteiger partial charge in [-0.25, -0.2) is 0 Å². The van der Waals surface area contributed by atoms with Gasteiger partial charge < -0.3 is 14.4 Å². The van der Waals surface area contributed by atoms with E-state index in [0.29, 0.717) is 6.61 Å². The molecule has 0 N–H and O–H groups in total. The Morgan fingerprint density at radius 2 is 1.81 bits per heavy atom. The Bertz CT molecular complexity index is 637. The smallest absolute Gasteiger partial charge is 0.161 e. The molecule has 3 aliphatic rings. The third-order valence-corrected chi connectivity index (χ3v) is 6.31. The van der Waals surface area contributed by atoms with Crippen LogP contribution in [0.1, 0.15) is 25.3 Å². The molecule has 4 heteroatoms. The van der Waals surface area contributed by atoms with Gasteiger partial charge in [-0.2, -0.15) is 0 Å². The minimum Gasteiger partial charge on any atom is -0.493 e. The summed E-state index contributed by atoms with van der Waals surface area (Å²) in [6, 6.07) is 6.32. The number of fused-ring (bicyclic) bond motifs is 2. The molecule has 1 heterocycles. The van der Waals surface area contributed by atoms with Gasteiger partial charge in [-0.1, -0.05) is 18.2 Å². The van der Waals surface area contributed by atoms with Crippen molar-refractivity contribution >= 4 is 0 Å². The lowest BCUT2D eigenvalue weighted by molar-refractivity contribution is 0.108. The van der Waals surface area contributed by atoms with E-state index >= 15 is 0 Å². The van der Waals surface area contributed by atoms with Crippen molar-refractivity contribution in [2.75, 3.05) is 46.4 Å². The highest BCUT2D eigenvalue weighted by Gasteiger charge is 2.36. The number of hydrogen-bond acceptors (Lipinski definition) is 4. The summed E-state index contributed by atoms with van der Waals surface area (Å²) in [6.07, 6.45) is 7.77. The molecule has 4 nitrogen and oxygen atoms in total. The zero-order valence-electron chi connectivity index (χ0n) is 16.2. The van der Waals surface area contributed by atoms with Gasteiger partial charge in [-0.05, 0) is 55.2 Å². The van der Waals surface area contributed by atoms with E-state index in [1.807, 2.05) is 13.0 Å². The molecule has 1 aliphatic heterocycles. The van der Waals surface area contributed by atoms with Crippen LogP contribution in [0, 0.1) is 17.8 Å². The molecule has 1 aromatic rings. The third kappa shape index (κ3) is 3.91. The third-order valence-electron chi connectivity index (χ3n) is 6.31. The molecule has 0 aromatic heterocycles. The van der Waals surface area contributed by atoms with Gasteiger partial charge in [0.1, 0.15) is 0 Å². The molecule has 1 saturated carbocycles. The van der Waals surface area contributed by atoms with Gasteiger partial charge >= 0.3 is 0 Å². The van der Waals surface area contributed by atoms with Crippen molar-refractivity contribution in [2.24, 2.45) is 17.8 Å². The van der Waals surface area contributed by atoms with Crippen molar-refractivity contribution in [3.8, 4) is 11.5 Å². The van der Waals surface area contributed by atoms with Crippen molar-refractivity contribution in [3.05, 3.63) is 35.9 Å². The lowest BCUT2D eigenvalue weighted by Gasteiger charge is -2.37. The first-order valence-electron chi connectivity index (χ1n) is 10.2. The van der Waals surface area contributed by atoms with Crippen molar-refractivity contribution in [1.82, 2.24) is 9.80 Å². The Morgan fingerprint density at radius 1 is 1.00 bits per heavy atom. The Labute approximate surface area is 157 Å². The second-order valence-corrected chi connectivity index (χ2v) is 8.04. The van der Waals surface area contributed by atoms with Crippen LogP contribution in [0.3, 0.4) is 0 Å². The summed E-state index contributed by atoms with van der Waals surface area (Å²) >= 11 is 0. The van der Waals surface area contributed by atoms with Gasteiger partial charge in [0.25, 0.3) is 0 Å². The maximum atomic E-state index is 5.72. The van der Waals surface area contributed by atoms with Crippen molar-refractivity contribution in [1.29, 1.82) is 0 Å². The molecule has 2 bridgehead atoms. The van der Waals surface area contributed by atoms with E-state index in [1.54, 1.807) is 7.11 Å². The second kappa shape index (κ2) is 8.01. The fourth-order valence-corrected chi connectivity index (χ4v) is 4.91. The predicted molar refractivity (Wildman–Crippen MR) is 105 cm³/mol. The highest BCUT2D eigenvalue weighted by molar-refractivity contribution is 5.43. The molecular weight excluding hydrogens is 324 g/mol. The van der Waals surface area contributed by atoms with Gasteiger partial charge in [0, 0.05) is 39.3 Å². The number of piperazine rings is 1. The average molecular weight is 357 g/mol. The molecule has 0 amide bonds. The molecule has 0 unspecified atom stereocenters. The average Bonchev–Trinajstić information content (AvgIpc) is 3.27. The van der Waals surface area contributed by atoms with Gasteiger partial charge in [0.05, 0.1) is 13.7 Å².